The Labute approximate surface area is 171 Å². The second kappa shape index (κ2) is 9.75. The molecule has 0 aliphatic carbocycles. The molecule has 0 spiro atoms. The number of likely N-dealkylation sites (N-methyl/N-ethyl adjacent to an activating group) is 1. The Morgan fingerprint density at radius 3 is 2.70 bits per heavy atom. The van der Waals surface area contributed by atoms with E-state index in [9.17, 15) is 18.4 Å². The zero-order valence-corrected chi connectivity index (χ0v) is 16.2. The Bertz CT molecular complexity index is 1100. The molecule has 0 fully saturated rings. The molecule has 3 aromatic rings. The molecule has 0 aliphatic rings. The van der Waals surface area contributed by atoms with Crippen LogP contribution >= 0.6 is 0 Å². The molecule has 0 saturated carbocycles. The van der Waals surface area contributed by atoms with Gasteiger partial charge in [-0.05, 0) is 49.0 Å². The number of nitrogens with one attached hydrogen (secondary N) is 2. The number of hydrogen-bond donors (Lipinski definition) is 2. The van der Waals surface area contributed by atoms with Gasteiger partial charge in [0.25, 0.3) is 5.56 Å². The summed E-state index contributed by atoms with van der Waals surface area (Å²) in [6.07, 6.45) is -0.585. The predicted molar refractivity (Wildman–Crippen MR) is 108 cm³/mol. The summed E-state index contributed by atoms with van der Waals surface area (Å²) in [7, 11) is 1.75. The second-order valence-corrected chi connectivity index (χ2v) is 6.41. The number of carbonyl (C=O) groups excluding carboxylic acids is 1. The van der Waals surface area contributed by atoms with Crippen LogP contribution in [0, 0.1) is 11.6 Å². The van der Waals surface area contributed by atoms with Gasteiger partial charge in [0, 0.05) is 23.9 Å². The van der Waals surface area contributed by atoms with Gasteiger partial charge in [0.15, 0.2) is 11.6 Å². The van der Waals surface area contributed by atoms with Crippen LogP contribution in [0.3, 0.4) is 0 Å². The zero-order valence-electron chi connectivity index (χ0n) is 16.2. The van der Waals surface area contributed by atoms with E-state index in [2.05, 4.69) is 15.7 Å². The van der Waals surface area contributed by atoms with Crippen LogP contribution in [0.4, 0.5) is 19.3 Å². The number of nitrogens with zero attached hydrogens (tertiary/aromatic N) is 2. The maximum Gasteiger partial charge on any atom is 0.411 e. The lowest BCUT2D eigenvalue weighted by molar-refractivity contribution is 0.163. The van der Waals surface area contributed by atoms with Crippen molar-refractivity contribution in [2.75, 3.05) is 25.5 Å². The Balaban J connectivity index is 1.77. The maximum atomic E-state index is 13.5. The average molecular weight is 414 g/mol. The molecule has 0 unspecified atom stereocenters. The van der Waals surface area contributed by atoms with Crippen LogP contribution in [0.2, 0.25) is 0 Å². The summed E-state index contributed by atoms with van der Waals surface area (Å²) in [5.74, 6) is -1.95. The molecule has 7 nitrogen and oxygen atoms in total. The molecule has 9 heteroatoms. The predicted octanol–water partition coefficient (Wildman–Crippen LogP) is 3.00. The molecule has 0 radical (unpaired) electrons. The standard InChI is InChI=1S/C21H20F2N4O3/c1-24-9-10-30-21(29)25-16-4-2-3-14(11-16)13-27-20(28)8-7-19(26-27)15-5-6-17(22)18(23)12-15/h2-8,11-12,24H,9-10,13H2,1H3,(H,25,29). The normalized spacial score (nSPS) is 10.6. The van der Waals surface area contributed by atoms with E-state index in [1.54, 1.807) is 31.3 Å². The summed E-state index contributed by atoms with van der Waals surface area (Å²) in [6.45, 7) is 0.898. The van der Waals surface area contributed by atoms with Crippen molar-refractivity contribution in [2.24, 2.45) is 0 Å². The van der Waals surface area contributed by atoms with Crippen molar-refractivity contribution in [3.8, 4) is 11.3 Å². The number of hydrogen-bond acceptors (Lipinski definition) is 5. The lowest BCUT2D eigenvalue weighted by Gasteiger charge is -2.10. The number of halogens is 2. The van der Waals surface area contributed by atoms with Crippen molar-refractivity contribution in [1.82, 2.24) is 15.1 Å². The van der Waals surface area contributed by atoms with E-state index in [1.165, 1.54) is 22.9 Å². The van der Waals surface area contributed by atoms with Crippen LogP contribution in [0.5, 0.6) is 0 Å². The molecular weight excluding hydrogens is 394 g/mol. The van der Waals surface area contributed by atoms with Crippen LogP contribution in [0.1, 0.15) is 5.56 Å². The minimum absolute atomic E-state index is 0.126. The topological polar surface area (TPSA) is 85.2 Å². The fourth-order valence-corrected chi connectivity index (χ4v) is 2.69. The van der Waals surface area contributed by atoms with Gasteiger partial charge in [-0.1, -0.05) is 12.1 Å². The van der Waals surface area contributed by atoms with Crippen molar-refractivity contribution in [2.45, 2.75) is 6.54 Å². The molecule has 1 heterocycles. The Kier molecular flexibility index (Phi) is 6.87. The molecule has 0 atom stereocenters. The minimum Gasteiger partial charge on any atom is -0.448 e. The fourth-order valence-electron chi connectivity index (χ4n) is 2.69. The van der Waals surface area contributed by atoms with E-state index in [0.717, 1.165) is 12.1 Å². The molecule has 2 N–H and O–H groups in total. The Morgan fingerprint density at radius 2 is 1.93 bits per heavy atom. The first-order chi connectivity index (χ1) is 14.5. The molecule has 1 aromatic heterocycles. The highest BCUT2D eigenvalue weighted by atomic mass is 19.2. The highest BCUT2D eigenvalue weighted by Gasteiger charge is 2.09. The number of benzene rings is 2. The third-order valence-corrected chi connectivity index (χ3v) is 4.17. The highest BCUT2D eigenvalue weighted by Crippen LogP contribution is 2.19. The molecular formula is C21H20F2N4O3. The first-order valence-electron chi connectivity index (χ1n) is 9.17. The van der Waals surface area contributed by atoms with Gasteiger partial charge in [0.05, 0.1) is 12.2 Å². The minimum atomic E-state index is -0.993. The van der Waals surface area contributed by atoms with E-state index < -0.39 is 17.7 Å². The van der Waals surface area contributed by atoms with E-state index in [-0.39, 0.29) is 18.7 Å². The van der Waals surface area contributed by atoms with Crippen molar-refractivity contribution in [1.29, 1.82) is 0 Å². The number of ether oxygens (including phenoxy) is 1. The molecule has 0 bridgehead atoms. The van der Waals surface area contributed by atoms with Crippen LogP contribution in [0.25, 0.3) is 11.3 Å². The van der Waals surface area contributed by atoms with Gasteiger partial charge >= 0.3 is 6.09 Å². The summed E-state index contributed by atoms with van der Waals surface area (Å²) in [5, 5.41) is 9.73. The smallest absolute Gasteiger partial charge is 0.411 e. The fraction of sp³-hybridized carbons (Fsp3) is 0.190. The first-order valence-corrected chi connectivity index (χ1v) is 9.17. The van der Waals surface area contributed by atoms with E-state index in [0.29, 0.717) is 29.1 Å². The van der Waals surface area contributed by atoms with Crippen molar-refractivity contribution >= 4 is 11.8 Å². The van der Waals surface area contributed by atoms with Gasteiger partial charge < -0.3 is 10.1 Å². The van der Waals surface area contributed by atoms with Gasteiger partial charge in [-0.25, -0.2) is 18.3 Å². The lowest BCUT2D eigenvalue weighted by Crippen LogP contribution is -2.23. The first kappa shape index (κ1) is 21.1. The summed E-state index contributed by atoms with van der Waals surface area (Å²) in [4.78, 5) is 24.0. The molecule has 156 valence electrons. The van der Waals surface area contributed by atoms with Crippen LogP contribution < -0.4 is 16.2 Å². The lowest BCUT2D eigenvalue weighted by atomic mass is 10.1. The summed E-state index contributed by atoms with van der Waals surface area (Å²) in [6, 6.07) is 13.1. The van der Waals surface area contributed by atoms with Crippen LogP contribution in [-0.2, 0) is 11.3 Å². The van der Waals surface area contributed by atoms with Gasteiger partial charge in [-0.15, -0.1) is 0 Å². The number of rotatable bonds is 7. The average Bonchev–Trinajstić information content (AvgIpc) is 2.72. The van der Waals surface area contributed by atoms with Crippen molar-refractivity contribution in [3.63, 3.8) is 0 Å². The van der Waals surface area contributed by atoms with Gasteiger partial charge in [0.2, 0.25) is 0 Å². The highest BCUT2D eigenvalue weighted by molar-refractivity contribution is 5.84. The van der Waals surface area contributed by atoms with E-state index in [1.807, 2.05) is 0 Å². The van der Waals surface area contributed by atoms with Crippen LogP contribution in [0.15, 0.2) is 59.4 Å². The Hall–Kier alpha value is -3.59. The number of carbonyl (C=O) groups is 1. The van der Waals surface area contributed by atoms with Crippen molar-refractivity contribution in [3.05, 3.63) is 82.1 Å². The SMILES string of the molecule is CNCCOC(=O)Nc1cccc(Cn2nc(-c3ccc(F)c(F)c3)ccc2=O)c1. The van der Waals surface area contributed by atoms with Gasteiger partial charge in [-0.2, -0.15) is 5.10 Å². The molecule has 30 heavy (non-hydrogen) atoms. The summed E-state index contributed by atoms with van der Waals surface area (Å²) >= 11 is 0. The Morgan fingerprint density at radius 1 is 1.10 bits per heavy atom. The quantitative estimate of drug-likeness (QED) is 0.581. The number of aromatic nitrogens is 2. The third-order valence-electron chi connectivity index (χ3n) is 4.17. The number of anilines is 1. The largest absolute Gasteiger partial charge is 0.448 e. The third kappa shape index (κ3) is 5.48. The summed E-state index contributed by atoms with van der Waals surface area (Å²) in [5.41, 5.74) is 1.54. The van der Waals surface area contributed by atoms with E-state index >= 15 is 0 Å². The van der Waals surface area contributed by atoms with Gasteiger partial charge in [-0.3, -0.25) is 10.1 Å². The molecule has 2 aromatic carbocycles. The maximum absolute atomic E-state index is 13.5. The molecule has 0 aliphatic heterocycles. The second-order valence-electron chi connectivity index (χ2n) is 6.41. The molecule has 0 saturated heterocycles. The number of amides is 1. The van der Waals surface area contributed by atoms with Crippen molar-refractivity contribution < 1.29 is 18.3 Å². The van der Waals surface area contributed by atoms with Crippen LogP contribution in [-0.4, -0.2) is 36.1 Å². The zero-order chi connectivity index (χ0) is 21.5. The summed E-state index contributed by atoms with van der Waals surface area (Å²) < 4.78 is 32.9. The molecule has 3 rings (SSSR count). The van der Waals surface area contributed by atoms with Gasteiger partial charge in [0.1, 0.15) is 6.61 Å². The monoisotopic (exact) mass is 414 g/mol. The van der Waals surface area contributed by atoms with E-state index in [4.69, 9.17) is 4.74 Å². The molecule has 1 amide bonds.